The van der Waals surface area contributed by atoms with E-state index in [0.717, 1.165) is 21.3 Å². The van der Waals surface area contributed by atoms with E-state index in [2.05, 4.69) is 15.7 Å². The van der Waals surface area contributed by atoms with Crippen LogP contribution in [0, 0.1) is 13.8 Å². The number of amides is 2. The van der Waals surface area contributed by atoms with Crippen molar-refractivity contribution in [2.24, 2.45) is 0 Å². The highest BCUT2D eigenvalue weighted by Gasteiger charge is 2.11. The van der Waals surface area contributed by atoms with Crippen LogP contribution in [0.3, 0.4) is 0 Å². The highest BCUT2D eigenvalue weighted by atomic mass is 32.1. The molecule has 0 aliphatic heterocycles. The zero-order chi connectivity index (χ0) is 15.5. The molecule has 0 radical (unpaired) electrons. The Kier molecular flexibility index (Phi) is 3.93. The van der Waals surface area contributed by atoms with Gasteiger partial charge in [0.25, 0.3) is 0 Å². The molecule has 0 aliphatic rings. The quantitative estimate of drug-likeness (QED) is 0.761. The second kappa shape index (κ2) is 6.03. The minimum absolute atomic E-state index is 0.279. The van der Waals surface area contributed by atoms with Gasteiger partial charge in [0.1, 0.15) is 5.82 Å². The van der Waals surface area contributed by atoms with E-state index in [1.54, 1.807) is 4.68 Å². The summed E-state index contributed by atoms with van der Waals surface area (Å²) in [6, 6.07) is 15.1. The summed E-state index contributed by atoms with van der Waals surface area (Å²) < 4.78 is 1.72. The molecule has 0 atom stereocenters. The van der Waals surface area contributed by atoms with Crippen molar-refractivity contribution < 1.29 is 4.79 Å². The van der Waals surface area contributed by atoms with Crippen LogP contribution >= 0.6 is 11.3 Å². The zero-order valence-electron chi connectivity index (χ0n) is 12.3. The molecule has 6 heteroatoms. The first-order valence-corrected chi connectivity index (χ1v) is 7.70. The molecule has 3 rings (SSSR count). The molecule has 0 bridgehead atoms. The Labute approximate surface area is 132 Å². The summed E-state index contributed by atoms with van der Waals surface area (Å²) in [5, 5.41) is 10.9. The van der Waals surface area contributed by atoms with Gasteiger partial charge in [-0.3, -0.25) is 10.6 Å². The van der Waals surface area contributed by atoms with Gasteiger partial charge < -0.3 is 0 Å². The van der Waals surface area contributed by atoms with Gasteiger partial charge in [0.2, 0.25) is 0 Å². The van der Waals surface area contributed by atoms with Crippen molar-refractivity contribution >= 4 is 28.2 Å². The molecule has 2 heterocycles. The molecule has 0 unspecified atom stereocenters. The average molecular weight is 312 g/mol. The van der Waals surface area contributed by atoms with Crippen LogP contribution in [0.5, 0.6) is 0 Å². The molecule has 0 saturated heterocycles. The molecule has 1 aromatic carbocycles. The maximum atomic E-state index is 12.1. The predicted molar refractivity (Wildman–Crippen MR) is 90.0 cm³/mol. The van der Waals surface area contributed by atoms with Crippen molar-refractivity contribution in [3.05, 3.63) is 59.1 Å². The second-order valence-corrected chi connectivity index (χ2v) is 6.20. The second-order valence-electron chi connectivity index (χ2n) is 4.91. The molecular weight excluding hydrogens is 296 g/mol. The van der Waals surface area contributed by atoms with Gasteiger partial charge in [0.05, 0.1) is 16.4 Å². The molecule has 2 aromatic heterocycles. The molecule has 0 spiro atoms. The molecule has 112 valence electrons. The van der Waals surface area contributed by atoms with Crippen molar-refractivity contribution in [1.29, 1.82) is 0 Å². The van der Waals surface area contributed by atoms with Crippen LogP contribution < -0.4 is 10.6 Å². The van der Waals surface area contributed by atoms with Gasteiger partial charge in [-0.15, -0.1) is 11.3 Å². The number of urea groups is 1. The van der Waals surface area contributed by atoms with Crippen molar-refractivity contribution in [3.63, 3.8) is 0 Å². The van der Waals surface area contributed by atoms with Crippen molar-refractivity contribution in [2.45, 2.75) is 13.8 Å². The number of hydrogen-bond donors (Lipinski definition) is 2. The molecule has 0 aliphatic carbocycles. The molecule has 3 aromatic rings. The number of carbonyl (C=O) groups is 1. The molecule has 2 amide bonds. The number of hydrogen-bond acceptors (Lipinski definition) is 3. The van der Waals surface area contributed by atoms with E-state index in [0.29, 0.717) is 5.82 Å². The van der Waals surface area contributed by atoms with E-state index in [1.807, 2.05) is 62.4 Å². The number of nitrogens with one attached hydrogen (secondary N) is 2. The van der Waals surface area contributed by atoms with Crippen LogP contribution in [0.25, 0.3) is 5.69 Å². The summed E-state index contributed by atoms with van der Waals surface area (Å²) in [7, 11) is 0. The Morgan fingerprint density at radius 3 is 2.55 bits per heavy atom. The lowest BCUT2D eigenvalue weighted by Crippen LogP contribution is -2.20. The van der Waals surface area contributed by atoms with Gasteiger partial charge in [-0.2, -0.15) is 5.10 Å². The largest absolute Gasteiger partial charge is 0.325 e. The number of aromatic nitrogens is 2. The lowest BCUT2D eigenvalue weighted by atomic mass is 10.3. The molecular formula is C16H16N4OS. The Morgan fingerprint density at radius 1 is 1.09 bits per heavy atom. The third-order valence-corrected chi connectivity index (χ3v) is 3.97. The number of para-hydroxylation sites is 1. The Morgan fingerprint density at radius 2 is 1.86 bits per heavy atom. The SMILES string of the molecule is Cc1cc(NC(=O)Nc2ccc(C)s2)n(-c2ccccc2)n1. The number of aryl methyl sites for hydroxylation is 2. The smallest absolute Gasteiger partial charge is 0.299 e. The van der Waals surface area contributed by atoms with E-state index in [4.69, 9.17) is 0 Å². The van der Waals surface area contributed by atoms with Crippen LogP contribution in [0.15, 0.2) is 48.5 Å². The fourth-order valence-corrected chi connectivity index (χ4v) is 2.88. The lowest BCUT2D eigenvalue weighted by Gasteiger charge is -2.09. The summed E-state index contributed by atoms with van der Waals surface area (Å²) in [4.78, 5) is 13.3. The summed E-state index contributed by atoms with van der Waals surface area (Å²) in [5.74, 6) is 0.634. The number of thiophene rings is 1. The highest BCUT2D eigenvalue weighted by Crippen LogP contribution is 2.21. The molecule has 0 saturated carbocycles. The minimum Gasteiger partial charge on any atom is -0.299 e. The summed E-state index contributed by atoms with van der Waals surface area (Å²) in [5.41, 5.74) is 1.74. The number of anilines is 2. The van der Waals surface area contributed by atoms with Crippen LogP contribution in [-0.2, 0) is 0 Å². The summed E-state index contributed by atoms with van der Waals surface area (Å²) in [6.07, 6.45) is 0. The lowest BCUT2D eigenvalue weighted by molar-refractivity contribution is 0.262. The first-order valence-electron chi connectivity index (χ1n) is 6.88. The standard InChI is InChI=1S/C16H16N4OS/c1-11-10-14(20(19-11)13-6-4-3-5-7-13)17-16(21)18-15-9-8-12(2)22-15/h3-10H,1-2H3,(H2,17,18,21). The van der Waals surface area contributed by atoms with E-state index >= 15 is 0 Å². The average Bonchev–Trinajstić information content (AvgIpc) is 3.06. The normalized spacial score (nSPS) is 10.5. The Hall–Kier alpha value is -2.60. The maximum Gasteiger partial charge on any atom is 0.325 e. The molecule has 22 heavy (non-hydrogen) atoms. The van der Waals surface area contributed by atoms with Gasteiger partial charge in [-0.25, -0.2) is 9.48 Å². The monoisotopic (exact) mass is 312 g/mol. The van der Waals surface area contributed by atoms with E-state index in [-0.39, 0.29) is 6.03 Å². The van der Waals surface area contributed by atoms with Crippen molar-refractivity contribution in [1.82, 2.24) is 9.78 Å². The minimum atomic E-state index is -0.279. The summed E-state index contributed by atoms with van der Waals surface area (Å²) in [6.45, 7) is 3.90. The van der Waals surface area contributed by atoms with Gasteiger partial charge in [0.15, 0.2) is 0 Å². The van der Waals surface area contributed by atoms with Crippen LogP contribution in [0.4, 0.5) is 15.6 Å². The fourth-order valence-electron chi connectivity index (χ4n) is 2.12. The topological polar surface area (TPSA) is 59.0 Å². The van der Waals surface area contributed by atoms with Crippen LogP contribution in [-0.4, -0.2) is 15.8 Å². The Balaban J connectivity index is 1.79. The van der Waals surface area contributed by atoms with E-state index in [1.165, 1.54) is 11.3 Å². The van der Waals surface area contributed by atoms with Gasteiger partial charge in [0, 0.05) is 10.9 Å². The van der Waals surface area contributed by atoms with Gasteiger partial charge >= 0.3 is 6.03 Å². The number of carbonyl (C=O) groups excluding carboxylic acids is 1. The van der Waals surface area contributed by atoms with E-state index in [9.17, 15) is 4.79 Å². The molecule has 2 N–H and O–H groups in total. The van der Waals surface area contributed by atoms with Gasteiger partial charge in [-0.05, 0) is 38.1 Å². The third kappa shape index (κ3) is 3.17. The first kappa shape index (κ1) is 14.3. The van der Waals surface area contributed by atoms with Crippen molar-refractivity contribution in [3.8, 4) is 5.69 Å². The number of benzene rings is 1. The number of nitrogens with zero attached hydrogens (tertiary/aromatic N) is 2. The van der Waals surface area contributed by atoms with E-state index < -0.39 is 0 Å². The molecule has 0 fully saturated rings. The molecule has 5 nitrogen and oxygen atoms in total. The first-order chi connectivity index (χ1) is 10.6. The van der Waals surface area contributed by atoms with Crippen LogP contribution in [0.2, 0.25) is 0 Å². The van der Waals surface area contributed by atoms with Crippen molar-refractivity contribution in [2.75, 3.05) is 10.6 Å². The van der Waals surface area contributed by atoms with Gasteiger partial charge in [-0.1, -0.05) is 18.2 Å². The third-order valence-electron chi connectivity index (χ3n) is 3.05. The Bertz CT molecular complexity index is 792. The zero-order valence-corrected chi connectivity index (χ0v) is 13.1. The maximum absolute atomic E-state index is 12.1. The highest BCUT2D eigenvalue weighted by molar-refractivity contribution is 7.16. The number of rotatable bonds is 3. The summed E-state index contributed by atoms with van der Waals surface area (Å²) >= 11 is 1.54. The predicted octanol–water partition coefficient (Wildman–Crippen LogP) is 4.19. The van der Waals surface area contributed by atoms with Crippen LogP contribution in [0.1, 0.15) is 10.6 Å². The fraction of sp³-hybridized carbons (Fsp3) is 0.125.